The maximum Gasteiger partial charge on any atom is 0.307 e. The summed E-state index contributed by atoms with van der Waals surface area (Å²) in [6.07, 6.45) is 5.71. The minimum atomic E-state index is -0.0408. The van der Waals surface area contributed by atoms with E-state index < -0.39 is 0 Å². The second-order valence-electron chi connectivity index (χ2n) is 5.27. The zero-order chi connectivity index (χ0) is 12.8. The largest absolute Gasteiger partial charge is 0.466 e. The molecule has 1 atom stereocenters. The van der Waals surface area contributed by atoms with Crippen LogP contribution >= 0.6 is 0 Å². The summed E-state index contributed by atoms with van der Waals surface area (Å²) in [7, 11) is 0. The second-order valence-corrected chi connectivity index (χ2v) is 5.27. The Morgan fingerprint density at radius 1 is 1.33 bits per heavy atom. The van der Waals surface area contributed by atoms with Crippen LogP contribution in [0.3, 0.4) is 0 Å². The molecule has 0 aromatic carbocycles. The van der Waals surface area contributed by atoms with E-state index in [-0.39, 0.29) is 5.97 Å². The van der Waals surface area contributed by atoms with Crippen LogP contribution in [0.5, 0.6) is 0 Å². The summed E-state index contributed by atoms with van der Waals surface area (Å²) in [5.41, 5.74) is 0. The highest BCUT2D eigenvalue weighted by atomic mass is 16.5. The molecule has 4 heteroatoms. The van der Waals surface area contributed by atoms with Gasteiger partial charge < -0.3 is 9.47 Å². The predicted molar refractivity (Wildman–Crippen MR) is 69.4 cm³/mol. The van der Waals surface area contributed by atoms with Crippen molar-refractivity contribution < 1.29 is 14.3 Å². The molecule has 0 amide bonds. The van der Waals surface area contributed by atoms with E-state index in [1.807, 2.05) is 6.92 Å². The zero-order valence-electron chi connectivity index (χ0n) is 11.4. The van der Waals surface area contributed by atoms with E-state index in [2.05, 4.69) is 4.90 Å². The molecule has 1 heterocycles. The Morgan fingerprint density at radius 3 is 2.61 bits per heavy atom. The first kappa shape index (κ1) is 13.8. The maximum absolute atomic E-state index is 11.8. The summed E-state index contributed by atoms with van der Waals surface area (Å²) in [5.74, 6) is 0.633. The number of hydrogen-bond acceptors (Lipinski definition) is 4. The Morgan fingerprint density at radius 2 is 2.00 bits per heavy atom. The van der Waals surface area contributed by atoms with Gasteiger partial charge in [0, 0.05) is 19.1 Å². The van der Waals surface area contributed by atoms with Gasteiger partial charge in [-0.25, -0.2) is 0 Å². The van der Waals surface area contributed by atoms with Gasteiger partial charge in [0.25, 0.3) is 0 Å². The Labute approximate surface area is 110 Å². The summed E-state index contributed by atoms with van der Waals surface area (Å²) in [4.78, 5) is 14.2. The van der Waals surface area contributed by atoms with Gasteiger partial charge in [0.05, 0.1) is 26.2 Å². The third-order valence-corrected chi connectivity index (χ3v) is 4.14. The highest BCUT2D eigenvalue weighted by molar-refractivity contribution is 5.70. The molecule has 0 bridgehead atoms. The van der Waals surface area contributed by atoms with Gasteiger partial charge in [0.2, 0.25) is 0 Å². The summed E-state index contributed by atoms with van der Waals surface area (Å²) in [6, 6.07) is 0.371. The van der Waals surface area contributed by atoms with Gasteiger partial charge >= 0.3 is 5.97 Å². The molecule has 1 saturated heterocycles. The number of carbonyl (C=O) groups excluding carboxylic acids is 1. The number of rotatable bonds is 5. The van der Waals surface area contributed by atoms with Crippen LogP contribution in [0, 0.1) is 5.92 Å². The topological polar surface area (TPSA) is 38.8 Å². The van der Waals surface area contributed by atoms with Crippen molar-refractivity contribution in [1.82, 2.24) is 4.90 Å². The van der Waals surface area contributed by atoms with Crippen molar-refractivity contribution in [3.63, 3.8) is 0 Å². The van der Waals surface area contributed by atoms with Crippen LogP contribution in [0.1, 0.15) is 39.0 Å². The summed E-state index contributed by atoms with van der Waals surface area (Å²) in [6.45, 7) is 5.87. The lowest BCUT2D eigenvalue weighted by atomic mass is 9.93. The fourth-order valence-corrected chi connectivity index (χ4v) is 3.24. The number of carbonyl (C=O) groups is 1. The van der Waals surface area contributed by atoms with Crippen LogP contribution in [-0.2, 0) is 14.3 Å². The highest BCUT2D eigenvalue weighted by Gasteiger charge is 2.32. The number of morpholine rings is 1. The van der Waals surface area contributed by atoms with E-state index in [9.17, 15) is 4.79 Å². The smallest absolute Gasteiger partial charge is 0.307 e. The van der Waals surface area contributed by atoms with Crippen molar-refractivity contribution in [2.24, 2.45) is 5.92 Å². The standard InChI is InChI=1S/C14H25NO3/c1-2-18-14(16)11-13(12-5-3-4-6-12)15-7-9-17-10-8-15/h12-13H,2-11H2,1H3. The molecule has 2 aliphatic rings. The van der Waals surface area contributed by atoms with Crippen LogP contribution in [0.2, 0.25) is 0 Å². The lowest BCUT2D eigenvalue weighted by Gasteiger charge is -2.37. The van der Waals surface area contributed by atoms with Crippen LogP contribution in [0.4, 0.5) is 0 Å². The fraction of sp³-hybridized carbons (Fsp3) is 0.929. The monoisotopic (exact) mass is 255 g/mol. The van der Waals surface area contributed by atoms with Crippen LogP contribution in [0.25, 0.3) is 0 Å². The Hall–Kier alpha value is -0.610. The van der Waals surface area contributed by atoms with Crippen LogP contribution in [0.15, 0.2) is 0 Å². The number of nitrogens with zero attached hydrogens (tertiary/aromatic N) is 1. The minimum Gasteiger partial charge on any atom is -0.466 e. The normalized spacial score (nSPS) is 24.1. The number of esters is 1. The van der Waals surface area contributed by atoms with E-state index in [1.165, 1.54) is 25.7 Å². The van der Waals surface area contributed by atoms with Gasteiger partial charge in [0.15, 0.2) is 0 Å². The number of hydrogen-bond donors (Lipinski definition) is 0. The molecule has 18 heavy (non-hydrogen) atoms. The van der Waals surface area contributed by atoms with Gasteiger partial charge in [-0.05, 0) is 25.7 Å². The van der Waals surface area contributed by atoms with E-state index in [0.29, 0.717) is 25.0 Å². The molecule has 0 N–H and O–H groups in total. The molecule has 104 valence electrons. The molecule has 0 aromatic heterocycles. The molecule has 0 radical (unpaired) electrons. The van der Waals surface area contributed by atoms with Crippen molar-refractivity contribution in [3.05, 3.63) is 0 Å². The van der Waals surface area contributed by atoms with Crippen molar-refractivity contribution in [2.75, 3.05) is 32.9 Å². The van der Waals surface area contributed by atoms with Crippen molar-refractivity contribution >= 4 is 5.97 Å². The van der Waals surface area contributed by atoms with Crippen molar-refractivity contribution in [3.8, 4) is 0 Å². The summed E-state index contributed by atoms with van der Waals surface area (Å²) >= 11 is 0. The first-order valence-electron chi connectivity index (χ1n) is 7.28. The third-order valence-electron chi connectivity index (χ3n) is 4.14. The molecule has 1 aliphatic carbocycles. The first-order valence-corrected chi connectivity index (χ1v) is 7.28. The Kier molecular flexibility index (Phi) is 5.45. The fourth-order valence-electron chi connectivity index (χ4n) is 3.24. The average Bonchev–Trinajstić information content (AvgIpc) is 2.91. The van der Waals surface area contributed by atoms with Gasteiger partial charge in [0.1, 0.15) is 0 Å². The molecule has 1 unspecified atom stereocenters. The van der Waals surface area contributed by atoms with Crippen LogP contribution < -0.4 is 0 Å². The molecule has 2 rings (SSSR count). The quantitative estimate of drug-likeness (QED) is 0.703. The first-order chi connectivity index (χ1) is 8.81. The Balaban J connectivity index is 1.94. The molecule has 0 aromatic rings. The zero-order valence-corrected chi connectivity index (χ0v) is 11.4. The molecule has 1 saturated carbocycles. The van der Waals surface area contributed by atoms with Gasteiger partial charge in [-0.1, -0.05) is 12.8 Å². The van der Waals surface area contributed by atoms with E-state index in [4.69, 9.17) is 9.47 Å². The highest BCUT2D eigenvalue weighted by Crippen LogP contribution is 2.32. The maximum atomic E-state index is 11.8. The SMILES string of the molecule is CCOC(=O)CC(C1CCCC1)N1CCOCC1. The lowest BCUT2D eigenvalue weighted by molar-refractivity contribution is -0.145. The second kappa shape index (κ2) is 7.10. The summed E-state index contributed by atoms with van der Waals surface area (Å²) in [5, 5.41) is 0. The number of ether oxygens (including phenoxy) is 2. The minimum absolute atomic E-state index is 0.0408. The average molecular weight is 255 g/mol. The summed E-state index contributed by atoms with van der Waals surface area (Å²) < 4.78 is 10.5. The van der Waals surface area contributed by atoms with E-state index >= 15 is 0 Å². The van der Waals surface area contributed by atoms with Crippen molar-refractivity contribution in [1.29, 1.82) is 0 Å². The molecule has 1 aliphatic heterocycles. The molecule has 0 spiro atoms. The molecule has 2 fully saturated rings. The molecule has 4 nitrogen and oxygen atoms in total. The van der Waals surface area contributed by atoms with Gasteiger partial charge in [-0.15, -0.1) is 0 Å². The lowest BCUT2D eigenvalue weighted by Crippen LogP contribution is -2.47. The van der Waals surface area contributed by atoms with E-state index in [1.54, 1.807) is 0 Å². The van der Waals surface area contributed by atoms with E-state index in [0.717, 1.165) is 26.3 Å². The predicted octanol–water partition coefficient (Wildman–Crippen LogP) is 1.83. The van der Waals surface area contributed by atoms with Crippen LogP contribution in [-0.4, -0.2) is 49.8 Å². The molecular formula is C14H25NO3. The third kappa shape index (κ3) is 3.69. The Bertz CT molecular complexity index is 258. The van der Waals surface area contributed by atoms with Gasteiger partial charge in [-0.3, -0.25) is 9.69 Å². The van der Waals surface area contributed by atoms with Crippen molar-refractivity contribution in [2.45, 2.75) is 45.1 Å². The van der Waals surface area contributed by atoms with Gasteiger partial charge in [-0.2, -0.15) is 0 Å². The molecular weight excluding hydrogens is 230 g/mol.